The lowest BCUT2D eigenvalue weighted by Gasteiger charge is -2.39. The molecule has 0 bridgehead atoms. The van der Waals surface area contributed by atoms with Crippen LogP contribution in [0.2, 0.25) is 0 Å². The zero-order valence-corrected chi connectivity index (χ0v) is 10.7. The summed E-state index contributed by atoms with van der Waals surface area (Å²) in [6, 6.07) is 0. The second-order valence-corrected chi connectivity index (χ2v) is 6.96. The molecule has 0 unspecified atom stereocenters. The largest absolute Gasteiger partial charge is 0.296 e. The predicted molar refractivity (Wildman–Crippen MR) is 66.6 cm³/mol. The molecule has 2 aliphatic carbocycles. The second-order valence-electron chi connectivity index (χ2n) is 6.96. The van der Waals surface area contributed by atoms with E-state index in [0.29, 0.717) is 13.0 Å². The van der Waals surface area contributed by atoms with Crippen molar-refractivity contribution in [3.63, 3.8) is 0 Å². The van der Waals surface area contributed by atoms with Gasteiger partial charge in [0.15, 0.2) is 0 Å². The van der Waals surface area contributed by atoms with E-state index in [1.54, 1.807) is 4.90 Å². The van der Waals surface area contributed by atoms with Gasteiger partial charge in [-0.3, -0.25) is 4.90 Å². The van der Waals surface area contributed by atoms with E-state index in [0.717, 1.165) is 19.3 Å². The highest BCUT2D eigenvalue weighted by atomic mass is 19.1. The molecule has 0 radical (unpaired) electrons. The average molecular weight is 241 g/mol. The molecular weight excluding hydrogens is 213 g/mol. The van der Waals surface area contributed by atoms with Gasteiger partial charge in [0.2, 0.25) is 0 Å². The first-order valence-electron chi connectivity index (χ1n) is 8.99. The van der Waals surface area contributed by atoms with Crippen LogP contribution in [-0.2, 0) is 0 Å². The third kappa shape index (κ3) is 1.18. The lowest BCUT2D eigenvalue weighted by Crippen LogP contribution is -2.45. The van der Waals surface area contributed by atoms with Crippen molar-refractivity contribution in [1.29, 1.82) is 0 Å². The van der Waals surface area contributed by atoms with Crippen LogP contribution in [0.3, 0.4) is 0 Å². The summed E-state index contributed by atoms with van der Waals surface area (Å²) in [5.74, 6) is -0.196. The number of nitrogens with zero attached hydrogens (tertiary/aromatic N) is 1. The highest BCUT2D eigenvalue weighted by molar-refractivity contribution is 5.27. The number of rotatable bonds is 2. The molecule has 17 heavy (non-hydrogen) atoms. The minimum atomic E-state index is -1.71. The van der Waals surface area contributed by atoms with Crippen molar-refractivity contribution in [2.45, 2.75) is 64.0 Å². The van der Waals surface area contributed by atoms with Crippen LogP contribution < -0.4 is 0 Å². The summed E-state index contributed by atoms with van der Waals surface area (Å²) in [6.07, 6.45) is 0.846. The minimum Gasteiger partial charge on any atom is -0.296 e. The summed E-state index contributed by atoms with van der Waals surface area (Å²) in [7, 11) is 0. The molecule has 2 saturated carbocycles. The number of hydrogen-bond donors (Lipinski definition) is 0. The number of hydrogen-bond acceptors (Lipinski definition) is 1. The summed E-state index contributed by atoms with van der Waals surface area (Å²) >= 11 is 0. The molecule has 1 nitrogen and oxygen atoms in total. The third-order valence-corrected chi connectivity index (χ3v) is 5.44. The summed E-state index contributed by atoms with van der Waals surface area (Å²) in [5.41, 5.74) is -1.87. The Kier molecular flexibility index (Phi) is 1.27. The molecule has 0 N–H and O–H groups in total. The van der Waals surface area contributed by atoms with Crippen molar-refractivity contribution in [3.8, 4) is 0 Å². The van der Waals surface area contributed by atoms with Gasteiger partial charge in [-0.1, -0.05) is 13.8 Å². The molecule has 2 heterocycles. The molecule has 4 rings (SSSR count). The number of halogens is 1. The Balaban J connectivity index is 1.89. The Hall–Kier alpha value is -0.110. The monoisotopic (exact) mass is 241 g/mol. The summed E-state index contributed by atoms with van der Waals surface area (Å²) in [5, 5.41) is 0. The lowest BCUT2D eigenvalue weighted by atomic mass is 9.72. The number of alkyl halides is 1. The van der Waals surface area contributed by atoms with Crippen molar-refractivity contribution in [1.82, 2.24) is 4.90 Å². The Bertz CT molecular complexity index is 504. The molecule has 0 aromatic rings. The van der Waals surface area contributed by atoms with E-state index in [1.165, 1.54) is 0 Å². The van der Waals surface area contributed by atoms with E-state index in [9.17, 15) is 4.39 Å². The first-order valence-corrected chi connectivity index (χ1v) is 6.99. The van der Waals surface area contributed by atoms with Gasteiger partial charge in [-0.05, 0) is 56.4 Å². The molecule has 2 spiro atoms. The van der Waals surface area contributed by atoms with Crippen molar-refractivity contribution < 1.29 is 9.87 Å². The fourth-order valence-corrected chi connectivity index (χ4v) is 4.34. The van der Waals surface area contributed by atoms with E-state index >= 15 is 0 Å². The van der Waals surface area contributed by atoms with Gasteiger partial charge in [-0.2, -0.15) is 0 Å². The van der Waals surface area contributed by atoms with Gasteiger partial charge in [0.1, 0.15) is 6.17 Å². The summed E-state index contributed by atoms with van der Waals surface area (Å²) < 4.78 is 48.8. The van der Waals surface area contributed by atoms with E-state index < -0.39 is 30.0 Å². The fraction of sp³-hybridized carbons (Fsp3) is 1.00. The Labute approximate surface area is 109 Å². The molecular formula is C15H24FN. The van der Waals surface area contributed by atoms with E-state index in [4.69, 9.17) is 5.48 Å². The smallest absolute Gasteiger partial charge is 0.108 e. The van der Waals surface area contributed by atoms with Gasteiger partial charge < -0.3 is 0 Å². The molecule has 2 heteroatoms. The van der Waals surface area contributed by atoms with Crippen molar-refractivity contribution >= 4 is 0 Å². The van der Waals surface area contributed by atoms with Crippen LogP contribution in [0.4, 0.5) is 4.39 Å². The van der Waals surface area contributed by atoms with Crippen LogP contribution in [-0.4, -0.2) is 29.7 Å². The minimum absolute atomic E-state index is 0.111. The van der Waals surface area contributed by atoms with Crippen LogP contribution in [0.25, 0.3) is 0 Å². The average Bonchev–Trinajstić information content (AvgIpc) is 3.20. The highest BCUT2D eigenvalue weighted by Crippen LogP contribution is 2.73. The highest BCUT2D eigenvalue weighted by Gasteiger charge is 2.74. The first-order chi connectivity index (χ1) is 9.57. The standard InChI is InChI=1S/C15H24FN/c1-11(2)7-15-9-13(8-12(13)16)10-17(15)6-5-14(15)3-4-14/h11-12H,3-10H2,1-2H3/t12-,13-,15-/m1/s1/i7D2,10D2. The molecule has 4 aliphatic rings. The lowest BCUT2D eigenvalue weighted by molar-refractivity contribution is 0.107. The number of fused-ring (bicyclic) bond motifs is 2. The summed E-state index contributed by atoms with van der Waals surface area (Å²) in [6.45, 7) is 2.62. The maximum absolute atomic E-state index is 14.1. The topological polar surface area (TPSA) is 3.24 Å². The van der Waals surface area contributed by atoms with Gasteiger partial charge in [0.25, 0.3) is 0 Å². The first kappa shape index (κ1) is 7.47. The van der Waals surface area contributed by atoms with Gasteiger partial charge in [0, 0.05) is 22.9 Å². The van der Waals surface area contributed by atoms with E-state index in [1.807, 2.05) is 13.8 Å². The molecule has 96 valence electrons. The van der Waals surface area contributed by atoms with E-state index in [2.05, 4.69) is 0 Å². The van der Waals surface area contributed by atoms with E-state index in [-0.39, 0.29) is 17.8 Å². The van der Waals surface area contributed by atoms with Crippen molar-refractivity contribution in [2.24, 2.45) is 16.7 Å². The second kappa shape index (κ2) is 2.89. The zero-order chi connectivity index (χ0) is 15.5. The SMILES string of the molecule is [2H]C1([2H])N2CCC3(CC3)[C@@]2(C([2H])([2H])C(C)C)C[C@]12C[C@H]2F. The Morgan fingerprint density at radius 1 is 1.47 bits per heavy atom. The maximum atomic E-state index is 14.1. The van der Waals surface area contributed by atoms with Gasteiger partial charge in [0.05, 0.1) is 0 Å². The normalized spacial score (nSPS) is 57.8. The molecule has 2 saturated heterocycles. The molecule has 0 aromatic heterocycles. The van der Waals surface area contributed by atoms with Crippen LogP contribution in [0.5, 0.6) is 0 Å². The molecule has 4 fully saturated rings. The molecule has 0 amide bonds. The van der Waals surface area contributed by atoms with Crippen LogP contribution in [0.1, 0.15) is 57.8 Å². The van der Waals surface area contributed by atoms with Crippen molar-refractivity contribution in [3.05, 3.63) is 0 Å². The molecule has 3 atom stereocenters. The van der Waals surface area contributed by atoms with Crippen molar-refractivity contribution in [2.75, 3.05) is 13.0 Å². The zero-order valence-electron chi connectivity index (χ0n) is 14.7. The van der Waals surface area contributed by atoms with Crippen LogP contribution in [0.15, 0.2) is 0 Å². The molecule has 0 aromatic carbocycles. The molecule has 2 aliphatic heterocycles. The predicted octanol–water partition coefficient (Wildman–Crippen LogP) is 3.39. The Morgan fingerprint density at radius 3 is 2.71 bits per heavy atom. The maximum Gasteiger partial charge on any atom is 0.108 e. The fourth-order valence-electron chi connectivity index (χ4n) is 4.34. The van der Waals surface area contributed by atoms with Gasteiger partial charge >= 0.3 is 0 Å². The Morgan fingerprint density at radius 2 is 2.18 bits per heavy atom. The quantitative estimate of drug-likeness (QED) is 0.716. The third-order valence-electron chi connectivity index (χ3n) is 5.44. The summed E-state index contributed by atoms with van der Waals surface area (Å²) in [4.78, 5) is 1.76. The van der Waals surface area contributed by atoms with Gasteiger partial charge in [-0.15, -0.1) is 0 Å². The van der Waals surface area contributed by atoms with Crippen LogP contribution in [0, 0.1) is 16.7 Å². The van der Waals surface area contributed by atoms with Crippen LogP contribution >= 0.6 is 0 Å². The van der Waals surface area contributed by atoms with Gasteiger partial charge in [-0.25, -0.2) is 4.39 Å².